The smallest absolute Gasteiger partial charge is 0.334 e. The fraction of sp³-hybridized carbons (Fsp3) is 0.450. The van der Waals surface area contributed by atoms with Gasteiger partial charge in [0.2, 0.25) is 0 Å². The van der Waals surface area contributed by atoms with Crippen molar-refractivity contribution in [2.24, 2.45) is 5.92 Å². The lowest BCUT2D eigenvalue weighted by atomic mass is 9.78. The van der Waals surface area contributed by atoms with Crippen LogP contribution in [0.2, 0.25) is 0 Å². The van der Waals surface area contributed by atoms with Crippen molar-refractivity contribution in [3.63, 3.8) is 0 Å². The van der Waals surface area contributed by atoms with Crippen molar-refractivity contribution >= 4 is 17.7 Å². The number of aliphatic hydroxyl groups excluding tert-OH is 1. The van der Waals surface area contributed by atoms with E-state index in [1.54, 1.807) is 26.8 Å². The largest absolute Gasteiger partial charge is 0.454 e. The third kappa shape index (κ3) is 2.53. The fourth-order valence-electron chi connectivity index (χ4n) is 4.01. The molecule has 7 heteroatoms. The second-order valence-electron chi connectivity index (χ2n) is 7.18. The number of hydrogen-bond acceptors (Lipinski definition) is 7. The number of ketones is 1. The SMILES string of the molecule is C=C1C(=O)O[C@H]2[C@H]1[C@@H](O)[C@H](OC(=O)/C(C)=C\C)C(C)=C1C(=O)C=C(C)[C@@]12O. The van der Waals surface area contributed by atoms with Gasteiger partial charge in [0.1, 0.15) is 12.2 Å². The normalized spacial score (nSPS) is 36.1. The van der Waals surface area contributed by atoms with Crippen molar-refractivity contribution < 1.29 is 34.1 Å². The molecule has 1 saturated heterocycles. The van der Waals surface area contributed by atoms with Gasteiger partial charge in [-0.1, -0.05) is 12.7 Å². The van der Waals surface area contributed by atoms with Crippen LogP contribution in [0.4, 0.5) is 0 Å². The van der Waals surface area contributed by atoms with E-state index in [1.807, 2.05) is 0 Å². The van der Waals surface area contributed by atoms with Gasteiger partial charge >= 0.3 is 11.9 Å². The Bertz CT molecular complexity index is 860. The summed E-state index contributed by atoms with van der Waals surface area (Å²) >= 11 is 0. The third-order valence-corrected chi connectivity index (χ3v) is 5.70. The van der Waals surface area contributed by atoms with Crippen molar-refractivity contribution in [2.75, 3.05) is 0 Å². The molecular formula is C20H22O7. The first-order valence-corrected chi connectivity index (χ1v) is 8.64. The monoisotopic (exact) mass is 374 g/mol. The lowest BCUT2D eigenvalue weighted by Gasteiger charge is -2.33. The van der Waals surface area contributed by atoms with Gasteiger partial charge in [0.25, 0.3) is 0 Å². The van der Waals surface area contributed by atoms with Crippen molar-refractivity contribution in [2.45, 2.75) is 51.6 Å². The molecule has 0 bridgehead atoms. The number of esters is 2. The zero-order chi connectivity index (χ0) is 20.3. The Balaban J connectivity index is 2.19. The molecule has 3 rings (SSSR count). The predicted octanol–water partition coefficient (Wildman–Crippen LogP) is 0.913. The van der Waals surface area contributed by atoms with Crippen LogP contribution < -0.4 is 0 Å². The molecule has 7 nitrogen and oxygen atoms in total. The number of ether oxygens (including phenoxy) is 2. The number of aliphatic hydroxyl groups is 2. The number of carbonyl (C=O) groups excluding carboxylic acids is 3. The van der Waals surface area contributed by atoms with E-state index in [4.69, 9.17) is 9.47 Å². The van der Waals surface area contributed by atoms with Gasteiger partial charge in [-0.2, -0.15) is 0 Å². The van der Waals surface area contributed by atoms with Crippen LogP contribution in [0.1, 0.15) is 27.7 Å². The molecule has 0 aromatic rings. The molecule has 144 valence electrons. The minimum absolute atomic E-state index is 0.0362. The van der Waals surface area contributed by atoms with Gasteiger partial charge in [-0.3, -0.25) is 4.79 Å². The van der Waals surface area contributed by atoms with Crippen LogP contribution in [0.5, 0.6) is 0 Å². The van der Waals surface area contributed by atoms with Crippen molar-refractivity contribution in [3.8, 4) is 0 Å². The molecule has 5 atom stereocenters. The van der Waals surface area contributed by atoms with E-state index >= 15 is 0 Å². The predicted molar refractivity (Wildman–Crippen MR) is 94.2 cm³/mol. The average molecular weight is 374 g/mol. The molecule has 3 aliphatic rings. The molecule has 1 heterocycles. The van der Waals surface area contributed by atoms with E-state index in [0.29, 0.717) is 11.1 Å². The summed E-state index contributed by atoms with van der Waals surface area (Å²) in [4.78, 5) is 37.0. The summed E-state index contributed by atoms with van der Waals surface area (Å²) in [5.74, 6) is -2.95. The molecule has 0 aromatic heterocycles. The summed E-state index contributed by atoms with van der Waals surface area (Å²) in [6, 6.07) is 0. The molecule has 0 amide bonds. The van der Waals surface area contributed by atoms with Crippen LogP contribution in [0, 0.1) is 5.92 Å². The zero-order valence-corrected chi connectivity index (χ0v) is 15.6. The maximum atomic E-state index is 12.6. The Hall–Kier alpha value is -2.51. The van der Waals surface area contributed by atoms with E-state index in [1.165, 1.54) is 13.0 Å². The minimum atomic E-state index is -1.90. The van der Waals surface area contributed by atoms with Gasteiger partial charge in [0, 0.05) is 16.7 Å². The number of allylic oxidation sites excluding steroid dienone is 2. The quantitative estimate of drug-likeness (QED) is 0.546. The molecule has 0 aromatic carbocycles. The van der Waals surface area contributed by atoms with Gasteiger partial charge in [0.15, 0.2) is 17.5 Å². The van der Waals surface area contributed by atoms with Gasteiger partial charge in [-0.25, -0.2) is 9.59 Å². The molecular weight excluding hydrogens is 352 g/mol. The minimum Gasteiger partial charge on any atom is -0.454 e. The number of hydrogen-bond donors (Lipinski definition) is 2. The summed E-state index contributed by atoms with van der Waals surface area (Å²) in [5.41, 5.74) is -1.14. The number of rotatable bonds is 2. The first-order valence-electron chi connectivity index (χ1n) is 8.64. The number of fused-ring (bicyclic) bond motifs is 3. The Kier molecular flexibility index (Phi) is 4.48. The van der Waals surface area contributed by atoms with Crippen molar-refractivity contribution in [1.29, 1.82) is 0 Å². The standard InChI is InChI=1S/C20H22O7/c1-6-8(2)18(23)26-16-11(5)14-12(21)7-9(3)20(14,25)17-13(15(16)22)10(4)19(24)27-17/h6-7,13,15-17,22,25H,4H2,1-3,5H3/b8-6-/t13-,15-,16-,17+,20-/m1/s1. The molecule has 1 aliphatic heterocycles. The highest BCUT2D eigenvalue weighted by molar-refractivity contribution is 6.11. The van der Waals surface area contributed by atoms with E-state index in [0.717, 1.165) is 0 Å². The number of carbonyl (C=O) groups is 3. The molecule has 2 N–H and O–H groups in total. The van der Waals surface area contributed by atoms with Crippen LogP contribution in [0.3, 0.4) is 0 Å². The van der Waals surface area contributed by atoms with Gasteiger partial charge < -0.3 is 19.7 Å². The van der Waals surface area contributed by atoms with Crippen molar-refractivity contribution in [3.05, 3.63) is 46.6 Å². The zero-order valence-electron chi connectivity index (χ0n) is 15.6. The van der Waals surface area contributed by atoms with Crippen LogP contribution >= 0.6 is 0 Å². The van der Waals surface area contributed by atoms with Crippen LogP contribution in [-0.4, -0.2) is 51.8 Å². The Morgan fingerprint density at radius 1 is 1.37 bits per heavy atom. The lowest BCUT2D eigenvalue weighted by Crippen LogP contribution is -2.49. The fourth-order valence-corrected chi connectivity index (χ4v) is 4.01. The molecule has 2 aliphatic carbocycles. The maximum Gasteiger partial charge on any atom is 0.334 e. The van der Waals surface area contributed by atoms with Crippen LogP contribution in [-0.2, 0) is 23.9 Å². The second kappa shape index (κ2) is 6.28. The van der Waals surface area contributed by atoms with Gasteiger partial charge in [-0.05, 0) is 44.9 Å². The van der Waals surface area contributed by atoms with E-state index in [-0.39, 0.29) is 16.7 Å². The van der Waals surface area contributed by atoms with E-state index in [9.17, 15) is 24.6 Å². The molecule has 0 saturated carbocycles. The lowest BCUT2D eigenvalue weighted by molar-refractivity contribution is -0.154. The highest BCUT2D eigenvalue weighted by Crippen LogP contribution is 2.50. The summed E-state index contributed by atoms with van der Waals surface area (Å²) in [5, 5.41) is 22.4. The molecule has 0 unspecified atom stereocenters. The Labute approximate surface area is 156 Å². The third-order valence-electron chi connectivity index (χ3n) is 5.70. The van der Waals surface area contributed by atoms with Crippen molar-refractivity contribution in [1.82, 2.24) is 0 Å². The van der Waals surface area contributed by atoms with E-state index < -0.39 is 47.6 Å². The highest BCUT2D eigenvalue weighted by atomic mass is 16.6. The highest BCUT2D eigenvalue weighted by Gasteiger charge is 2.63. The first-order chi connectivity index (χ1) is 12.5. The Morgan fingerprint density at radius 2 is 2.00 bits per heavy atom. The molecule has 1 fully saturated rings. The van der Waals surface area contributed by atoms with Crippen LogP contribution in [0.15, 0.2) is 46.6 Å². The van der Waals surface area contributed by atoms with Gasteiger partial charge in [0.05, 0.1) is 5.92 Å². The van der Waals surface area contributed by atoms with Crippen LogP contribution in [0.25, 0.3) is 0 Å². The summed E-state index contributed by atoms with van der Waals surface area (Å²) in [6.07, 6.45) is -1.06. The average Bonchev–Trinajstić information content (AvgIpc) is 3.02. The molecule has 0 radical (unpaired) electrons. The molecule has 27 heavy (non-hydrogen) atoms. The summed E-state index contributed by atoms with van der Waals surface area (Å²) in [6.45, 7) is 9.96. The molecule has 0 spiro atoms. The Morgan fingerprint density at radius 3 is 2.59 bits per heavy atom. The van der Waals surface area contributed by atoms with E-state index in [2.05, 4.69) is 6.58 Å². The maximum absolute atomic E-state index is 12.6. The summed E-state index contributed by atoms with van der Waals surface area (Å²) in [7, 11) is 0. The second-order valence-corrected chi connectivity index (χ2v) is 7.18. The first kappa shape index (κ1) is 19.3. The summed E-state index contributed by atoms with van der Waals surface area (Å²) < 4.78 is 10.8. The topological polar surface area (TPSA) is 110 Å². The van der Waals surface area contributed by atoms with Gasteiger partial charge in [-0.15, -0.1) is 0 Å².